The van der Waals surface area contributed by atoms with E-state index >= 15 is 0 Å². The van der Waals surface area contributed by atoms with E-state index < -0.39 is 0 Å². The van der Waals surface area contributed by atoms with E-state index in [1.54, 1.807) is 12.1 Å². The lowest BCUT2D eigenvalue weighted by molar-refractivity contribution is 0.0343. The predicted octanol–water partition coefficient (Wildman–Crippen LogP) is 0.452. The first-order valence-corrected chi connectivity index (χ1v) is 6.76. The molecule has 20 heavy (non-hydrogen) atoms. The standard InChI is InChI=1S/C14H18N4O2/c15-9-11-1-2-13(18-10-11)14(19)17-7-8-20-12-3-5-16-6-4-12/h1-2,10,12,16H,3-8H2,(H,17,19). The summed E-state index contributed by atoms with van der Waals surface area (Å²) in [5, 5.41) is 14.7. The highest BCUT2D eigenvalue weighted by molar-refractivity contribution is 5.92. The van der Waals surface area contributed by atoms with Gasteiger partial charge in [-0.05, 0) is 38.1 Å². The second-order valence-corrected chi connectivity index (χ2v) is 4.62. The van der Waals surface area contributed by atoms with Gasteiger partial charge in [-0.15, -0.1) is 0 Å². The van der Waals surface area contributed by atoms with Gasteiger partial charge in [-0.25, -0.2) is 4.98 Å². The summed E-state index contributed by atoms with van der Waals surface area (Å²) < 4.78 is 5.69. The van der Waals surface area contributed by atoms with Crippen LogP contribution in [0.5, 0.6) is 0 Å². The molecule has 0 aromatic carbocycles. The van der Waals surface area contributed by atoms with E-state index in [0.29, 0.717) is 30.5 Å². The maximum Gasteiger partial charge on any atom is 0.269 e. The van der Waals surface area contributed by atoms with Crippen molar-refractivity contribution in [1.82, 2.24) is 15.6 Å². The monoisotopic (exact) mass is 274 g/mol. The molecule has 106 valence electrons. The van der Waals surface area contributed by atoms with Gasteiger partial charge in [-0.1, -0.05) is 0 Å². The minimum Gasteiger partial charge on any atom is -0.376 e. The number of nitriles is 1. The van der Waals surface area contributed by atoms with Crippen molar-refractivity contribution in [1.29, 1.82) is 5.26 Å². The molecule has 6 nitrogen and oxygen atoms in total. The first-order chi connectivity index (χ1) is 9.79. The second kappa shape index (κ2) is 7.58. The number of piperidine rings is 1. The highest BCUT2D eigenvalue weighted by Crippen LogP contribution is 2.06. The van der Waals surface area contributed by atoms with E-state index in [1.807, 2.05) is 6.07 Å². The summed E-state index contributed by atoms with van der Waals surface area (Å²) in [6, 6.07) is 5.08. The van der Waals surface area contributed by atoms with Crippen LogP contribution in [0.2, 0.25) is 0 Å². The van der Waals surface area contributed by atoms with Gasteiger partial charge in [0.1, 0.15) is 11.8 Å². The van der Waals surface area contributed by atoms with E-state index in [-0.39, 0.29) is 5.91 Å². The third-order valence-corrected chi connectivity index (χ3v) is 3.15. The number of hydrogen-bond donors (Lipinski definition) is 2. The van der Waals surface area contributed by atoms with Gasteiger partial charge in [0.2, 0.25) is 0 Å². The van der Waals surface area contributed by atoms with Gasteiger partial charge in [0.05, 0.1) is 18.3 Å². The number of pyridine rings is 1. The zero-order chi connectivity index (χ0) is 14.2. The van der Waals surface area contributed by atoms with Crippen molar-refractivity contribution >= 4 is 5.91 Å². The average Bonchev–Trinajstić information content (AvgIpc) is 2.52. The number of hydrogen-bond acceptors (Lipinski definition) is 5. The fourth-order valence-corrected chi connectivity index (χ4v) is 2.04. The maximum absolute atomic E-state index is 11.8. The molecule has 0 atom stereocenters. The van der Waals surface area contributed by atoms with Gasteiger partial charge in [0.25, 0.3) is 5.91 Å². The Morgan fingerprint density at radius 1 is 1.50 bits per heavy atom. The summed E-state index contributed by atoms with van der Waals surface area (Å²) in [4.78, 5) is 15.7. The van der Waals surface area contributed by atoms with E-state index in [9.17, 15) is 4.79 Å². The van der Waals surface area contributed by atoms with E-state index in [2.05, 4.69) is 15.6 Å². The van der Waals surface area contributed by atoms with Crippen LogP contribution in [0, 0.1) is 11.3 Å². The molecule has 1 amide bonds. The molecule has 1 aliphatic rings. The number of carbonyl (C=O) groups excluding carboxylic acids is 1. The number of rotatable bonds is 5. The maximum atomic E-state index is 11.8. The molecule has 2 N–H and O–H groups in total. The third-order valence-electron chi connectivity index (χ3n) is 3.15. The van der Waals surface area contributed by atoms with Crippen LogP contribution in [0.25, 0.3) is 0 Å². The Morgan fingerprint density at radius 3 is 2.95 bits per heavy atom. The molecule has 6 heteroatoms. The van der Waals surface area contributed by atoms with E-state index in [1.165, 1.54) is 6.20 Å². The van der Waals surface area contributed by atoms with Crippen LogP contribution in [0.1, 0.15) is 28.9 Å². The smallest absolute Gasteiger partial charge is 0.269 e. The highest BCUT2D eigenvalue weighted by Gasteiger charge is 2.13. The molecule has 2 rings (SSSR count). The van der Waals surface area contributed by atoms with Gasteiger partial charge in [0.15, 0.2) is 0 Å². The van der Waals surface area contributed by atoms with E-state index in [4.69, 9.17) is 10.00 Å². The minimum absolute atomic E-state index is 0.247. The highest BCUT2D eigenvalue weighted by atomic mass is 16.5. The average molecular weight is 274 g/mol. The normalized spacial score (nSPS) is 15.6. The Kier molecular flexibility index (Phi) is 5.47. The van der Waals surface area contributed by atoms with Gasteiger partial charge in [-0.2, -0.15) is 5.26 Å². The number of ether oxygens (including phenoxy) is 1. The second-order valence-electron chi connectivity index (χ2n) is 4.62. The summed E-state index contributed by atoms with van der Waals surface area (Å²) in [6.45, 7) is 2.95. The Hall–Kier alpha value is -1.97. The first-order valence-electron chi connectivity index (χ1n) is 6.76. The van der Waals surface area contributed by atoms with Crippen LogP contribution >= 0.6 is 0 Å². The van der Waals surface area contributed by atoms with Crippen molar-refractivity contribution in [3.05, 3.63) is 29.6 Å². The van der Waals surface area contributed by atoms with Crippen molar-refractivity contribution in [2.24, 2.45) is 0 Å². The Labute approximate surface area is 118 Å². The molecule has 0 spiro atoms. The van der Waals surface area contributed by atoms with Crippen LogP contribution in [0.15, 0.2) is 18.3 Å². The summed E-state index contributed by atoms with van der Waals surface area (Å²) in [5.41, 5.74) is 0.752. The molecular weight excluding hydrogens is 256 g/mol. The molecule has 0 saturated carbocycles. The number of carbonyl (C=O) groups is 1. The molecule has 1 aromatic rings. The molecule has 0 unspecified atom stereocenters. The molecule has 0 bridgehead atoms. The fourth-order valence-electron chi connectivity index (χ4n) is 2.04. The largest absolute Gasteiger partial charge is 0.376 e. The van der Waals surface area contributed by atoms with E-state index in [0.717, 1.165) is 25.9 Å². The molecule has 1 saturated heterocycles. The quantitative estimate of drug-likeness (QED) is 0.761. The van der Waals surface area contributed by atoms with Crippen molar-refractivity contribution in [3.8, 4) is 6.07 Å². The number of nitrogens with one attached hydrogen (secondary N) is 2. The van der Waals surface area contributed by atoms with Gasteiger partial charge in [0, 0.05) is 12.7 Å². The lowest BCUT2D eigenvalue weighted by Crippen LogP contribution is -2.35. The molecule has 1 aromatic heterocycles. The van der Waals surface area contributed by atoms with Crippen molar-refractivity contribution in [2.75, 3.05) is 26.2 Å². The first kappa shape index (κ1) is 14.4. The molecule has 1 aliphatic heterocycles. The molecule has 2 heterocycles. The van der Waals surface area contributed by atoms with Crippen LogP contribution in [-0.2, 0) is 4.74 Å². The number of aromatic nitrogens is 1. The lowest BCUT2D eigenvalue weighted by atomic mass is 10.1. The summed E-state index contributed by atoms with van der Waals surface area (Å²) in [5.74, 6) is -0.247. The Morgan fingerprint density at radius 2 is 2.30 bits per heavy atom. The third kappa shape index (κ3) is 4.30. The molecule has 0 aliphatic carbocycles. The minimum atomic E-state index is -0.247. The molecule has 0 radical (unpaired) electrons. The molecule has 1 fully saturated rings. The van der Waals surface area contributed by atoms with Crippen LogP contribution in [-0.4, -0.2) is 43.2 Å². The number of amides is 1. The predicted molar refractivity (Wildman–Crippen MR) is 73.1 cm³/mol. The Balaban J connectivity index is 1.67. The zero-order valence-corrected chi connectivity index (χ0v) is 11.3. The van der Waals surface area contributed by atoms with Gasteiger partial charge in [-0.3, -0.25) is 4.79 Å². The van der Waals surface area contributed by atoms with Crippen LogP contribution in [0.3, 0.4) is 0 Å². The zero-order valence-electron chi connectivity index (χ0n) is 11.3. The summed E-state index contributed by atoms with van der Waals surface area (Å²) in [6.07, 6.45) is 3.72. The summed E-state index contributed by atoms with van der Waals surface area (Å²) >= 11 is 0. The van der Waals surface area contributed by atoms with Crippen molar-refractivity contribution < 1.29 is 9.53 Å². The van der Waals surface area contributed by atoms with Gasteiger partial charge >= 0.3 is 0 Å². The van der Waals surface area contributed by atoms with Crippen LogP contribution in [0.4, 0.5) is 0 Å². The SMILES string of the molecule is N#Cc1ccc(C(=O)NCCOC2CCNCC2)nc1. The topological polar surface area (TPSA) is 87.0 Å². The molecular formula is C14H18N4O2. The van der Waals surface area contributed by atoms with Crippen LogP contribution < -0.4 is 10.6 Å². The number of nitrogens with zero attached hydrogens (tertiary/aromatic N) is 2. The lowest BCUT2D eigenvalue weighted by Gasteiger charge is -2.22. The fraction of sp³-hybridized carbons (Fsp3) is 0.500. The van der Waals surface area contributed by atoms with Gasteiger partial charge < -0.3 is 15.4 Å². The van der Waals surface area contributed by atoms with Crippen molar-refractivity contribution in [3.63, 3.8) is 0 Å². The Bertz CT molecular complexity index is 475. The summed E-state index contributed by atoms with van der Waals surface area (Å²) in [7, 11) is 0. The van der Waals surface area contributed by atoms with Crippen molar-refractivity contribution in [2.45, 2.75) is 18.9 Å².